The highest BCUT2D eigenvalue weighted by Crippen LogP contribution is 2.35. The largest absolute Gasteiger partial charge is 0.463 e. The van der Waals surface area contributed by atoms with Crippen molar-refractivity contribution in [3.05, 3.63) is 35.4 Å². The third kappa shape index (κ3) is 5.06. The molecule has 0 spiro atoms. The first-order valence-corrected chi connectivity index (χ1v) is 10.3. The molecular weight excluding hydrogens is 454 g/mol. The van der Waals surface area contributed by atoms with Crippen LogP contribution in [0.15, 0.2) is 24.3 Å². The number of carbonyl (C=O) groups is 6. The maximum Gasteiger partial charge on any atom is 0.305 e. The van der Waals surface area contributed by atoms with E-state index in [2.05, 4.69) is 0 Å². The Kier molecular flexibility index (Phi) is 7.30. The number of esters is 4. The molecule has 2 aliphatic heterocycles. The molecule has 2 amide bonds. The summed E-state index contributed by atoms with van der Waals surface area (Å²) in [5, 5.41) is 0. The molecule has 0 aromatic heterocycles. The van der Waals surface area contributed by atoms with E-state index in [1.807, 2.05) is 0 Å². The zero-order valence-electron chi connectivity index (χ0n) is 18.8. The second kappa shape index (κ2) is 10.00. The molecule has 12 heteroatoms. The lowest BCUT2D eigenvalue weighted by atomic mass is 9.94. The highest BCUT2D eigenvalue weighted by Gasteiger charge is 2.58. The fourth-order valence-corrected chi connectivity index (χ4v) is 3.90. The van der Waals surface area contributed by atoms with Gasteiger partial charge in [0.15, 0.2) is 12.2 Å². The predicted octanol–water partition coefficient (Wildman–Crippen LogP) is 0.366. The first kappa shape index (κ1) is 24.8. The van der Waals surface area contributed by atoms with Gasteiger partial charge in [0.1, 0.15) is 18.8 Å². The van der Waals surface area contributed by atoms with Crippen molar-refractivity contribution in [1.29, 1.82) is 0 Å². The molecule has 2 heterocycles. The standard InChI is InChI=1S/C22H23NO11/c1-10(24)30-9-16-18(31-11(2)25)19(32-12(3)26)17(22(34-16)33-13(4)27)23-20(28)14-7-5-6-8-15(14)21(23)29/h5-8,16-19,22H,9H2,1-4H3/t16-,17+,18-,19-,22-/m1/s1. The highest BCUT2D eigenvalue weighted by molar-refractivity contribution is 6.21. The molecule has 182 valence electrons. The summed E-state index contributed by atoms with van der Waals surface area (Å²) in [5.74, 6) is -4.64. The molecule has 0 N–H and O–H groups in total. The zero-order valence-corrected chi connectivity index (χ0v) is 18.8. The molecule has 5 atom stereocenters. The Morgan fingerprint density at radius 2 is 1.29 bits per heavy atom. The molecule has 3 rings (SSSR count). The number of imide groups is 1. The third-order valence-electron chi connectivity index (χ3n) is 5.08. The second-order valence-electron chi connectivity index (χ2n) is 7.62. The molecule has 0 bridgehead atoms. The van der Waals surface area contributed by atoms with E-state index >= 15 is 0 Å². The molecule has 34 heavy (non-hydrogen) atoms. The number of amides is 2. The number of hydrogen-bond acceptors (Lipinski definition) is 11. The maximum absolute atomic E-state index is 13.2. The van der Waals surface area contributed by atoms with E-state index in [9.17, 15) is 28.8 Å². The molecule has 1 saturated heterocycles. The molecule has 1 aromatic rings. The Labute approximate surface area is 194 Å². The molecule has 1 aromatic carbocycles. The Bertz CT molecular complexity index is 1000. The van der Waals surface area contributed by atoms with Crippen LogP contribution in [0.25, 0.3) is 0 Å². The average molecular weight is 477 g/mol. The number of ether oxygens (including phenoxy) is 5. The number of hydrogen-bond donors (Lipinski definition) is 0. The summed E-state index contributed by atoms with van der Waals surface area (Å²) in [4.78, 5) is 74.2. The lowest BCUT2D eigenvalue weighted by Gasteiger charge is -2.46. The summed E-state index contributed by atoms with van der Waals surface area (Å²) in [6, 6.07) is 4.49. The predicted molar refractivity (Wildman–Crippen MR) is 109 cm³/mol. The van der Waals surface area contributed by atoms with Crippen molar-refractivity contribution in [3.63, 3.8) is 0 Å². The van der Waals surface area contributed by atoms with Gasteiger partial charge in [0.05, 0.1) is 11.1 Å². The van der Waals surface area contributed by atoms with Crippen molar-refractivity contribution in [2.24, 2.45) is 0 Å². The van der Waals surface area contributed by atoms with Crippen LogP contribution in [0.5, 0.6) is 0 Å². The van der Waals surface area contributed by atoms with E-state index in [1.165, 1.54) is 12.1 Å². The van der Waals surface area contributed by atoms with Crippen LogP contribution >= 0.6 is 0 Å². The van der Waals surface area contributed by atoms with Gasteiger partial charge in [-0.15, -0.1) is 0 Å². The van der Waals surface area contributed by atoms with E-state index in [-0.39, 0.29) is 11.1 Å². The van der Waals surface area contributed by atoms with Crippen molar-refractivity contribution >= 4 is 35.7 Å². The summed E-state index contributed by atoms with van der Waals surface area (Å²) >= 11 is 0. The van der Waals surface area contributed by atoms with Crippen LogP contribution in [0.3, 0.4) is 0 Å². The Balaban J connectivity index is 2.11. The number of fused-ring (bicyclic) bond motifs is 1. The van der Waals surface area contributed by atoms with Crippen molar-refractivity contribution in [2.75, 3.05) is 6.61 Å². The van der Waals surface area contributed by atoms with E-state index in [0.29, 0.717) is 0 Å². The van der Waals surface area contributed by atoms with Crippen LogP contribution in [0, 0.1) is 0 Å². The van der Waals surface area contributed by atoms with Crippen LogP contribution in [0.2, 0.25) is 0 Å². The lowest BCUT2D eigenvalue weighted by Crippen LogP contribution is -2.67. The second-order valence-corrected chi connectivity index (χ2v) is 7.62. The molecule has 0 unspecified atom stereocenters. The molecule has 2 aliphatic rings. The maximum atomic E-state index is 13.2. The summed E-state index contributed by atoms with van der Waals surface area (Å²) < 4.78 is 26.7. The van der Waals surface area contributed by atoms with E-state index in [4.69, 9.17) is 23.7 Å². The monoisotopic (exact) mass is 477 g/mol. The van der Waals surface area contributed by atoms with Gasteiger partial charge in [-0.2, -0.15) is 0 Å². The van der Waals surface area contributed by atoms with Crippen LogP contribution in [-0.2, 0) is 42.9 Å². The minimum absolute atomic E-state index is 0.0849. The fourth-order valence-electron chi connectivity index (χ4n) is 3.90. The molecule has 0 radical (unpaired) electrons. The van der Waals surface area contributed by atoms with Crippen LogP contribution in [-0.4, -0.2) is 77.8 Å². The number of nitrogens with zero attached hydrogens (tertiary/aromatic N) is 1. The first-order chi connectivity index (χ1) is 16.0. The Morgan fingerprint density at radius 3 is 1.76 bits per heavy atom. The van der Waals surface area contributed by atoms with Crippen molar-refractivity contribution in [1.82, 2.24) is 4.90 Å². The number of carbonyl (C=O) groups excluding carboxylic acids is 6. The summed E-state index contributed by atoms with van der Waals surface area (Å²) in [5.41, 5.74) is 0.170. The van der Waals surface area contributed by atoms with E-state index in [0.717, 1.165) is 32.6 Å². The SMILES string of the molecule is CC(=O)OC[C@H]1O[C@@H](OC(C)=O)[C@@H](N2C(=O)c3ccccc3C2=O)[C@@H](OC(C)=O)[C@@H]1OC(C)=O. The first-order valence-electron chi connectivity index (χ1n) is 10.3. The van der Waals surface area contributed by atoms with Crippen LogP contribution in [0.4, 0.5) is 0 Å². The lowest BCUT2D eigenvalue weighted by molar-refractivity contribution is -0.278. The molecule has 0 aliphatic carbocycles. The van der Waals surface area contributed by atoms with Gasteiger partial charge in [0.25, 0.3) is 11.8 Å². The minimum atomic E-state index is -1.63. The minimum Gasteiger partial charge on any atom is -0.463 e. The third-order valence-corrected chi connectivity index (χ3v) is 5.08. The molecule has 12 nitrogen and oxygen atoms in total. The summed E-state index contributed by atoms with van der Waals surface area (Å²) in [6.45, 7) is 3.91. The van der Waals surface area contributed by atoms with Crippen LogP contribution < -0.4 is 0 Å². The number of rotatable bonds is 6. The Morgan fingerprint density at radius 1 is 0.794 bits per heavy atom. The van der Waals surface area contributed by atoms with E-state index < -0.39 is 72.9 Å². The van der Waals surface area contributed by atoms with Crippen LogP contribution in [0.1, 0.15) is 48.4 Å². The molecule has 1 fully saturated rings. The summed E-state index contributed by atoms with van der Waals surface area (Å²) in [6.07, 6.45) is -5.81. The zero-order chi connectivity index (χ0) is 25.2. The quantitative estimate of drug-likeness (QED) is 0.317. The van der Waals surface area contributed by atoms with Gasteiger partial charge in [0, 0.05) is 27.7 Å². The van der Waals surface area contributed by atoms with Gasteiger partial charge in [-0.1, -0.05) is 12.1 Å². The highest BCUT2D eigenvalue weighted by atomic mass is 16.7. The summed E-state index contributed by atoms with van der Waals surface area (Å²) in [7, 11) is 0. The van der Waals surface area contributed by atoms with Gasteiger partial charge in [-0.05, 0) is 12.1 Å². The normalized spacial score (nSPS) is 25.9. The average Bonchev–Trinajstić information content (AvgIpc) is 2.98. The van der Waals surface area contributed by atoms with Gasteiger partial charge in [-0.3, -0.25) is 33.7 Å². The molecular formula is C22H23NO11. The van der Waals surface area contributed by atoms with Crippen molar-refractivity contribution < 1.29 is 52.5 Å². The van der Waals surface area contributed by atoms with Crippen molar-refractivity contribution in [2.45, 2.75) is 58.3 Å². The smallest absolute Gasteiger partial charge is 0.305 e. The fraction of sp³-hybridized carbons (Fsp3) is 0.455. The van der Waals surface area contributed by atoms with Gasteiger partial charge in [0.2, 0.25) is 6.29 Å². The van der Waals surface area contributed by atoms with Gasteiger partial charge >= 0.3 is 23.9 Å². The van der Waals surface area contributed by atoms with Gasteiger partial charge in [-0.25, -0.2) is 0 Å². The van der Waals surface area contributed by atoms with Gasteiger partial charge < -0.3 is 23.7 Å². The van der Waals surface area contributed by atoms with E-state index in [1.54, 1.807) is 12.1 Å². The Hall–Kier alpha value is -3.80. The topological polar surface area (TPSA) is 152 Å². The number of benzene rings is 1. The van der Waals surface area contributed by atoms with Crippen molar-refractivity contribution in [3.8, 4) is 0 Å². The molecule has 0 saturated carbocycles.